The highest BCUT2D eigenvalue weighted by Crippen LogP contribution is 2.32. The number of nitrogens with zero attached hydrogens (tertiary/aromatic N) is 3. The highest BCUT2D eigenvalue weighted by Gasteiger charge is 2.19. The third kappa shape index (κ3) is 3.16. The molecule has 0 unspecified atom stereocenters. The fraction of sp³-hybridized carbons (Fsp3) is 0.353. The topological polar surface area (TPSA) is 76.6 Å². The van der Waals surface area contributed by atoms with E-state index in [1.165, 1.54) is 5.56 Å². The molecule has 7 nitrogen and oxygen atoms in total. The molecule has 124 valence electrons. The van der Waals surface area contributed by atoms with Crippen molar-refractivity contribution in [2.24, 2.45) is 0 Å². The van der Waals surface area contributed by atoms with E-state index in [2.05, 4.69) is 20.2 Å². The second-order valence-electron chi connectivity index (χ2n) is 5.92. The Kier molecular flexibility index (Phi) is 4.00. The number of nitrogens with one attached hydrogen (secondary N) is 1. The summed E-state index contributed by atoms with van der Waals surface area (Å²) in [6.07, 6.45) is 4.30. The minimum atomic E-state index is 0.00479. The van der Waals surface area contributed by atoms with Crippen LogP contribution in [0.3, 0.4) is 0 Å². The van der Waals surface area contributed by atoms with E-state index >= 15 is 0 Å². The summed E-state index contributed by atoms with van der Waals surface area (Å²) in [6.45, 7) is 2.63. The predicted octanol–water partition coefficient (Wildman–Crippen LogP) is 0.880. The van der Waals surface area contributed by atoms with Gasteiger partial charge in [-0.15, -0.1) is 0 Å². The molecule has 1 amide bonds. The van der Waals surface area contributed by atoms with Gasteiger partial charge < -0.3 is 14.8 Å². The van der Waals surface area contributed by atoms with Gasteiger partial charge in [0.1, 0.15) is 6.33 Å². The summed E-state index contributed by atoms with van der Waals surface area (Å²) in [5.41, 5.74) is 3.18. The van der Waals surface area contributed by atoms with Crippen LogP contribution in [0.25, 0.3) is 0 Å². The lowest BCUT2D eigenvalue weighted by Crippen LogP contribution is -2.40. The lowest BCUT2D eigenvalue weighted by molar-refractivity contribution is -0.122. The van der Waals surface area contributed by atoms with Crippen molar-refractivity contribution in [2.75, 3.05) is 19.9 Å². The molecule has 24 heavy (non-hydrogen) atoms. The number of carbonyl (C=O) groups is 1. The smallest absolute Gasteiger partial charge is 0.234 e. The fourth-order valence-electron chi connectivity index (χ4n) is 2.95. The Morgan fingerprint density at radius 2 is 2.21 bits per heavy atom. The van der Waals surface area contributed by atoms with E-state index in [0.29, 0.717) is 19.6 Å². The van der Waals surface area contributed by atoms with Crippen molar-refractivity contribution in [2.45, 2.75) is 19.5 Å². The number of amides is 1. The molecule has 1 aromatic carbocycles. The fourth-order valence-corrected chi connectivity index (χ4v) is 2.95. The molecule has 0 saturated carbocycles. The number of hydrogen-bond donors (Lipinski definition) is 1. The van der Waals surface area contributed by atoms with E-state index in [4.69, 9.17) is 9.47 Å². The minimum Gasteiger partial charge on any atom is -0.454 e. The number of rotatable bonds is 4. The number of hydrogen-bond acceptors (Lipinski definition) is 6. The zero-order valence-corrected chi connectivity index (χ0v) is 13.2. The van der Waals surface area contributed by atoms with Gasteiger partial charge in [0.2, 0.25) is 12.7 Å². The molecule has 0 bridgehead atoms. The summed E-state index contributed by atoms with van der Waals surface area (Å²) in [5, 5.41) is 2.95. The van der Waals surface area contributed by atoms with Crippen molar-refractivity contribution in [1.82, 2.24) is 20.2 Å². The van der Waals surface area contributed by atoms with Crippen LogP contribution in [0.2, 0.25) is 0 Å². The van der Waals surface area contributed by atoms with Crippen LogP contribution in [0.4, 0.5) is 0 Å². The monoisotopic (exact) mass is 326 g/mol. The van der Waals surface area contributed by atoms with Gasteiger partial charge in [-0.2, -0.15) is 0 Å². The summed E-state index contributed by atoms with van der Waals surface area (Å²) in [6, 6.07) is 5.70. The summed E-state index contributed by atoms with van der Waals surface area (Å²) in [4.78, 5) is 22.6. The third-order valence-corrected chi connectivity index (χ3v) is 4.25. The average Bonchev–Trinajstić information content (AvgIpc) is 3.07. The van der Waals surface area contributed by atoms with Crippen molar-refractivity contribution >= 4 is 5.91 Å². The van der Waals surface area contributed by atoms with Crippen LogP contribution < -0.4 is 14.8 Å². The van der Waals surface area contributed by atoms with Crippen LogP contribution in [-0.2, 0) is 24.3 Å². The van der Waals surface area contributed by atoms with Crippen molar-refractivity contribution in [1.29, 1.82) is 0 Å². The van der Waals surface area contributed by atoms with E-state index in [0.717, 1.165) is 35.7 Å². The lowest BCUT2D eigenvalue weighted by Gasteiger charge is -2.26. The number of carbonyl (C=O) groups excluding carboxylic acids is 1. The molecule has 2 aliphatic heterocycles. The maximum absolute atomic E-state index is 12.2. The minimum absolute atomic E-state index is 0.00479. The first-order valence-electron chi connectivity index (χ1n) is 7.93. The Labute approximate surface area is 139 Å². The predicted molar refractivity (Wildman–Crippen MR) is 85.4 cm³/mol. The molecule has 7 heteroatoms. The number of fused-ring (bicyclic) bond motifs is 2. The Morgan fingerprint density at radius 1 is 1.29 bits per heavy atom. The van der Waals surface area contributed by atoms with Gasteiger partial charge in [0, 0.05) is 25.8 Å². The molecule has 3 heterocycles. The van der Waals surface area contributed by atoms with Crippen molar-refractivity contribution in [3.05, 3.63) is 47.5 Å². The molecular weight excluding hydrogens is 308 g/mol. The summed E-state index contributed by atoms with van der Waals surface area (Å²) >= 11 is 0. The Morgan fingerprint density at radius 3 is 3.17 bits per heavy atom. The first kappa shape index (κ1) is 14.9. The van der Waals surface area contributed by atoms with Crippen LogP contribution in [0, 0.1) is 0 Å². The first-order valence-corrected chi connectivity index (χ1v) is 7.93. The summed E-state index contributed by atoms with van der Waals surface area (Å²) in [7, 11) is 0. The van der Waals surface area contributed by atoms with Crippen molar-refractivity contribution in [3.8, 4) is 11.5 Å². The standard InChI is InChI=1S/C17H18N4O3/c22-17(9-21-4-3-13-7-18-10-20-14(13)8-21)19-6-12-1-2-15-16(5-12)24-11-23-15/h1-2,5,7,10H,3-4,6,8-9,11H2,(H,19,22). The van der Waals surface area contributed by atoms with E-state index in [9.17, 15) is 4.79 Å². The van der Waals surface area contributed by atoms with Crippen LogP contribution in [-0.4, -0.2) is 40.7 Å². The van der Waals surface area contributed by atoms with Gasteiger partial charge >= 0.3 is 0 Å². The summed E-state index contributed by atoms with van der Waals surface area (Å²) in [5.74, 6) is 1.48. The Balaban J connectivity index is 1.30. The molecule has 4 rings (SSSR count). The third-order valence-electron chi connectivity index (χ3n) is 4.25. The van der Waals surface area contributed by atoms with Gasteiger partial charge in [-0.3, -0.25) is 9.69 Å². The van der Waals surface area contributed by atoms with Crippen molar-refractivity contribution in [3.63, 3.8) is 0 Å². The molecule has 1 aromatic heterocycles. The second kappa shape index (κ2) is 6.45. The average molecular weight is 326 g/mol. The molecule has 0 radical (unpaired) electrons. The quantitative estimate of drug-likeness (QED) is 0.899. The molecule has 2 aromatic rings. The summed E-state index contributed by atoms with van der Waals surface area (Å²) < 4.78 is 10.6. The zero-order valence-electron chi connectivity index (χ0n) is 13.2. The molecule has 0 aliphatic carbocycles. The van der Waals surface area contributed by atoms with Gasteiger partial charge in [0.05, 0.1) is 12.2 Å². The van der Waals surface area contributed by atoms with Gasteiger partial charge in [-0.1, -0.05) is 6.07 Å². The van der Waals surface area contributed by atoms with Gasteiger partial charge in [-0.05, 0) is 29.7 Å². The SMILES string of the molecule is O=C(CN1CCc2cncnc2C1)NCc1ccc2c(c1)OCO2. The molecule has 1 N–H and O–H groups in total. The van der Waals surface area contributed by atoms with E-state index in [-0.39, 0.29) is 12.7 Å². The van der Waals surface area contributed by atoms with E-state index in [1.807, 2.05) is 24.4 Å². The lowest BCUT2D eigenvalue weighted by atomic mass is 10.1. The highest BCUT2D eigenvalue weighted by molar-refractivity contribution is 5.78. The van der Waals surface area contributed by atoms with E-state index in [1.54, 1.807) is 6.33 Å². The molecule has 2 aliphatic rings. The van der Waals surface area contributed by atoms with E-state index < -0.39 is 0 Å². The first-order chi connectivity index (χ1) is 11.8. The maximum atomic E-state index is 12.2. The number of ether oxygens (including phenoxy) is 2. The van der Waals surface area contributed by atoms with Crippen molar-refractivity contribution < 1.29 is 14.3 Å². The normalized spacial score (nSPS) is 15.8. The van der Waals surface area contributed by atoms with Crippen LogP contribution >= 0.6 is 0 Å². The molecule has 0 atom stereocenters. The van der Waals surface area contributed by atoms with Crippen LogP contribution in [0.1, 0.15) is 16.8 Å². The molecule has 0 spiro atoms. The van der Waals surface area contributed by atoms with Gasteiger partial charge in [0.15, 0.2) is 11.5 Å². The Hall–Kier alpha value is -2.67. The number of aromatic nitrogens is 2. The van der Waals surface area contributed by atoms with Gasteiger partial charge in [0.25, 0.3) is 0 Å². The van der Waals surface area contributed by atoms with Crippen LogP contribution in [0.5, 0.6) is 11.5 Å². The van der Waals surface area contributed by atoms with Gasteiger partial charge in [-0.25, -0.2) is 9.97 Å². The molecular formula is C17H18N4O3. The molecule has 0 fully saturated rings. The second-order valence-corrected chi connectivity index (χ2v) is 5.92. The van der Waals surface area contributed by atoms with Crippen LogP contribution in [0.15, 0.2) is 30.7 Å². The molecule has 0 saturated heterocycles. The zero-order chi connectivity index (χ0) is 16.4. The largest absolute Gasteiger partial charge is 0.454 e. The number of benzene rings is 1. The highest BCUT2D eigenvalue weighted by atomic mass is 16.7. The maximum Gasteiger partial charge on any atom is 0.234 e. The Bertz CT molecular complexity index is 765.